The number of nitrogen functional groups attached to an aromatic ring is 1. The molecule has 5 nitrogen and oxygen atoms in total. The third kappa shape index (κ3) is 2.45. The van der Waals surface area contributed by atoms with Gasteiger partial charge in [0.25, 0.3) is 0 Å². The molecule has 0 unspecified atom stereocenters. The Labute approximate surface area is 86.5 Å². The Balaban J connectivity index is 3.18. The number of aromatic nitrogens is 1. The Hall–Kier alpha value is -2.53. The predicted molar refractivity (Wildman–Crippen MR) is 52.5 cm³/mol. The van der Waals surface area contributed by atoms with Gasteiger partial charge in [0.15, 0.2) is 6.07 Å². The van der Waals surface area contributed by atoms with Gasteiger partial charge in [-0.05, 0) is 12.0 Å². The molecule has 1 rings (SSSR count). The zero-order chi connectivity index (χ0) is 11.3. The molecule has 2 N–H and O–H groups in total. The first-order valence-electron chi connectivity index (χ1n) is 3.93. The van der Waals surface area contributed by atoms with Crippen LogP contribution in [0.15, 0.2) is 12.3 Å². The monoisotopic (exact) mass is 201 g/mol. The molecule has 0 aromatic carbocycles. The number of carbonyl (C=O) groups is 1. The molecule has 0 fully saturated rings. The first kappa shape index (κ1) is 10.6. The lowest BCUT2D eigenvalue weighted by atomic mass is 10.2. The van der Waals surface area contributed by atoms with Gasteiger partial charge in [0.2, 0.25) is 0 Å². The number of nitrogens with two attached hydrogens (primary N) is 1. The molecule has 0 saturated heterocycles. The molecule has 15 heavy (non-hydrogen) atoms. The summed E-state index contributed by atoms with van der Waals surface area (Å²) in [7, 11) is 1.25. The van der Waals surface area contributed by atoms with Crippen molar-refractivity contribution in [3.05, 3.63) is 23.4 Å². The maximum atomic E-state index is 11.2. The van der Waals surface area contributed by atoms with Gasteiger partial charge in [-0.2, -0.15) is 5.26 Å². The number of nitriles is 1. The predicted octanol–water partition coefficient (Wildman–Crippen LogP) is 0.325. The fourth-order valence-corrected chi connectivity index (χ4v) is 0.917. The number of pyridine rings is 1. The van der Waals surface area contributed by atoms with Gasteiger partial charge in [-0.15, -0.1) is 0 Å². The van der Waals surface area contributed by atoms with Crippen LogP contribution >= 0.6 is 0 Å². The van der Waals surface area contributed by atoms with E-state index in [4.69, 9.17) is 11.0 Å². The third-order valence-electron chi connectivity index (χ3n) is 1.59. The number of rotatable bonds is 1. The zero-order valence-electron chi connectivity index (χ0n) is 7.94. The minimum atomic E-state index is -0.583. The van der Waals surface area contributed by atoms with E-state index in [1.54, 1.807) is 6.07 Å². The molecule has 0 atom stereocenters. The van der Waals surface area contributed by atoms with E-state index in [9.17, 15) is 4.79 Å². The molecule has 1 aromatic rings. The topological polar surface area (TPSA) is 89.0 Å². The van der Waals surface area contributed by atoms with Gasteiger partial charge >= 0.3 is 5.97 Å². The van der Waals surface area contributed by atoms with Crippen molar-refractivity contribution in [1.29, 1.82) is 5.26 Å². The van der Waals surface area contributed by atoms with Crippen LogP contribution in [0.5, 0.6) is 0 Å². The molecule has 5 heteroatoms. The van der Waals surface area contributed by atoms with E-state index in [2.05, 4.69) is 21.6 Å². The van der Waals surface area contributed by atoms with Gasteiger partial charge in [0.05, 0.1) is 7.11 Å². The van der Waals surface area contributed by atoms with Crippen molar-refractivity contribution in [3.63, 3.8) is 0 Å². The second-order valence-electron chi connectivity index (χ2n) is 2.51. The quantitative estimate of drug-likeness (QED) is 0.522. The first-order valence-corrected chi connectivity index (χ1v) is 3.93. The lowest BCUT2D eigenvalue weighted by Gasteiger charge is -2.02. The van der Waals surface area contributed by atoms with E-state index < -0.39 is 5.97 Å². The lowest BCUT2D eigenvalue weighted by Crippen LogP contribution is -2.07. The summed E-state index contributed by atoms with van der Waals surface area (Å²) in [6, 6.07) is 3.09. The minimum absolute atomic E-state index is 0.0735. The number of esters is 1. The van der Waals surface area contributed by atoms with Crippen LogP contribution in [0.3, 0.4) is 0 Å². The average Bonchev–Trinajstić information content (AvgIpc) is 2.27. The van der Waals surface area contributed by atoms with E-state index in [0.717, 1.165) is 0 Å². The number of hydrogen-bond acceptors (Lipinski definition) is 5. The molecule has 0 radical (unpaired) electrons. The molecule has 74 valence electrons. The summed E-state index contributed by atoms with van der Waals surface area (Å²) in [4.78, 5) is 15.0. The number of anilines is 1. The average molecular weight is 201 g/mol. The maximum Gasteiger partial charge on any atom is 0.341 e. The summed E-state index contributed by atoms with van der Waals surface area (Å²) in [5.74, 6) is 4.19. The van der Waals surface area contributed by atoms with Crippen LogP contribution in [0.2, 0.25) is 0 Å². The summed E-state index contributed by atoms with van der Waals surface area (Å²) in [6.07, 6.45) is 1.38. The first-order chi connectivity index (χ1) is 7.19. The molecule has 0 aliphatic rings. The SMILES string of the molecule is COC(=O)c1cc(C#CC#N)cnc1N. The molecule has 1 heterocycles. The third-order valence-corrected chi connectivity index (χ3v) is 1.59. The summed E-state index contributed by atoms with van der Waals surface area (Å²) < 4.78 is 4.50. The van der Waals surface area contributed by atoms with Crippen molar-refractivity contribution in [3.8, 4) is 17.9 Å². The van der Waals surface area contributed by atoms with Gasteiger partial charge in [-0.1, -0.05) is 0 Å². The Kier molecular flexibility index (Phi) is 3.26. The minimum Gasteiger partial charge on any atom is -0.465 e. The molecule has 0 bridgehead atoms. The number of methoxy groups -OCH3 is 1. The molecule has 0 spiro atoms. The Morgan fingerprint density at radius 1 is 1.67 bits per heavy atom. The van der Waals surface area contributed by atoms with Gasteiger partial charge < -0.3 is 10.5 Å². The van der Waals surface area contributed by atoms with E-state index in [-0.39, 0.29) is 11.4 Å². The van der Waals surface area contributed by atoms with Gasteiger partial charge in [0, 0.05) is 17.7 Å². The molecule has 1 aromatic heterocycles. The summed E-state index contributed by atoms with van der Waals surface area (Å²) in [5.41, 5.74) is 6.05. The van der Waals surface area contributed by atoms with E-state index in [1.807, 2.05) is 0 Å². The van der Waals surface area contributed by atoms with Gasteiger partial charge in [-0.25, -0.2) is 9.78 Å². The summed E-state index contributed by atoms with van der Waals surface area (Å²) in [6.45, 7) is 0. The van der Waals surface area contributed by atoms with Crippen LogP contribution in [0.25, 0.3) is 0 Å². The van der Waals surface area contributed by atoms with Crippen molar-refractivity contribution >= 4 is 11.8 Å². The van der Waals surface area contributed by atoms with Crippen molar-refractivity contribution in [2.75, 3.05) is 12.8 Å². The highest BCUT2D eigenvalue weighted by atomic mass is 16.5. The second-order valence-corrected chi connectivity index (χ2v) is 2.51. The van der Waals surface area contributed by atoms with E-state index in [0.29, 0.717) is 5.56 Å². The fraction of sp³-hybridized carbons (Fsp3) is 0.100. The number of nitrogens with zero attached hydrogens (tertiary/aromatic N) is 2. The summed E-state index contributed by atoms with van der Waals surface area (Å²) in [5, 5.41) is 8.25. The number of hydrogen-bond donors (Lipinski definition) is 1. The van der Waals surface area contributed by atoms with E-state index >= 15 is 0 Å². The number of carbonyl (C=O) groups excluding carboxylic acids is 1. The fourth-order valence-electron chi connectivity index (χ4n) is 0.917. The smallest absolute Gasteiger partial charge is 0.341 e. The molecule has 0 amide bonds. The van der Waals surface area contributed by atoms with E-state index in [1.165, 1.54) is 19.4 Å². The second kappa shape index (κ2) is 4.64. The van der Waals surface area contributed by atoms with Crippen molar-refractivity contribution < 1.29 is 9.53 Å². The maximum absolute atomic E-state index is 11.2. The van der Waals surface area contributed by atoms with Crippen molar-refractivity contribution in [2.45, 2.75) is 0 Å². The molecule has 0 saturated carbocycles. The molecular weight excluding hydrogens is 194 g/mol. The molecular formula is C10H7N3O2. The number of ether oxygens (including phenoxy) is 1. The van der Waals surface area contributed by atoms with Crippen molar-refractivity contribution in [1.82, 2.24) is 4.98 Å². The molecule has 0 aliphatic carbocycles. The Bertz CT molecular complexity index is 492. The molecule has 0 aliphatic heterocycles. The standard InChI is InChI=1S/C10H7N3O2/c1-15-10(14)8-5-7(3-2-4-11)6-13-9(8)12/h5-6H,1H3,(H2,12,13). The largest absolute Gasteiger partial charge is 0.465 e. The van der Waals surface area contributed by atoms with Crippen LogP contribution in [0.1, 0.15) is 15.9 Å². The lowest BCUT2D eigenvalue weighted by molar-refractivity contribution is 0.0601. The highest BCUT2D eigenvalue weighted by molar-refractivity contribution is 5.94. The van der Waals surface area contributed by atoms with Crippen LogP contribution in [0.4, 0.5) is 5.82 Å². The van der Waals surface area contributed by atoms with Gasteiger partial charge in [0.1, 0.15) is 11.4 Å². The van der Waals surface area contributed by atoms with Crippen molar-refractivity contribution in [2.24, 2.45) is 0 Å². The van der Waals surface area contributed by atoms with Crippen LogP contribution in [0, 0.1) is 23.2 Å². The van der Waals surface area contributed by atoms with Crippen LogP contribution in [-0.2, 0) is 4.74 Å². The van der Waals surface area contributed by atoms with Gasteiger partial charge in [-0.3, -0.25) is 0 Å². The van der Waals surface area contributed by atoms with Crippen LogP contribution in [-0.4, -0.2) is 18.1 Å². The highest BCUT2D eigenvalue weighted by Crippen LogP contribution is 2.11. The highest BCUT2D eigenvalue weighted by Gasteiger charge is 2.10. The Morgan fingerprint density at radius 2 is 2.40 bits per heavy atom. The van der Waals surface area contributed by atoms with Crippen LogP contribution < -0.4 is 5.73 Å². The summed E-state index contributed by atoms with van der Waals surface area (Å²) >= 11 is 0. The zero-order valence-corrected chi connectivity index (χ0v) is 7.94. The Morgan fingerprint density at radius 3 is 3.00 bits per heavy atom. The normalized spacial score (nSPS) is 8.27.